The third-order valence-corrected chi connectivity index (χ3v) is 18.4. The van der Waals surface area contributed by atoms with Crippen molar-refractivity contribution in [2.24, 2.45) is 11.8 Å². The Labute approximate surface area is 549 Å². The van der Waals surface area contributed by atoms with E-state index in [0.717, 1.165) is 102 Å². The van der Waals surface area contributed by atoms with Gasteiger partial charge in [0.25, 0.3) is 0 Å². The van der Waals surface area contributed by atoms with Gasteiger partial charge in [-0.05, 0) is 37.5 Å². The zero-order valence-electron chi connectivity index (χ0n) is 58.4. The van der Waals surface area contributed by atoms with E-state index >= 15 is 0 Å². The van der Waals surface area contributed by atoms with Crippen LogP contribution in [0, 0.1) is 11.8 Å². The Kier molecular flexibility index (Phi) is 61.8. The first kappa shape index (κ1) is 88.1. The van der Waals surface area contributed by atoms with Gasteiger partial charge in [-0.3, -0.25) is 37.3 Å². The molecule has 0 spiro atoms. The molecule has 0 aromatic carbocycles. The van der Waals surface area contributed by atoms with Crippen LogP contribution in [0.4, 0.5) is 0 Å². The van der Waals surface area contributed by atoms with Gasteiger partial charge in [-0.15, -0.1) is 0 Å². The summed E-state index contributed by atoms with van der Waals surface area (Å²) in [5.41, 5.74) is 0. The minimum Gasteiger partial charge on any atom is -0.462 e. The molecule has 17 nitrogen and oxygen atoms in total. The van der Waals surface area contributed by atoms with Gasteiger partial charge in [0.2, 0.25) is 0 Å². The Bertz CT molecular complexity index is 1750. The average Bonchev–Trinajstić information content (AvgIpc) is 3.72. The number of aliphatic hydroxyl groups is 1. The predicted molar refractivity (Wildman–Crippen MR) is 363 cm³/mol. The predicted octanol–water partition coefficient (Wildman–Crippen LogP) is 20.4. The zero-order valence-corrected chi connectivity index (χ0v) is 60.2. The number of aliphatic hydroxyl groups excluding tert-OH is 1. The standard InChI is InChI=1S/C71H138O17P2/c1-7-9-11-13-15-17-19-20-21-22-23-24-26-30-37-44-50-56-71(76)87-66(59-81-68(73)53-47-41-35-31-27-28-33-39-45-51-63(3)4)61-85-89(77,78)83-57-65(72)58-84-90(79,80)86-62-67(60-82-69(74)54-48-42-38-32-34-40-46-52-64(5)6)88-70(75)55-49-43-36-29-25-18-16-14-12-10-8-2/h63-67,72H,7-62H2,1-6H3,(H,77,78)(H,79,80)/t65-,66-,67-/m1/s1. The van der Waals surface area contributed by atoms with Crippen LogP contribution in [0.2, 0.25) is 0 Å². The summed E-state index contributed by atoms with van der Waals surface area (Å²) in [6.07, 6.45) is 48.6. The monoisotopic (exact) mass is 1320 g/mol. The molecule has 2 unspecified atom stereocenters. The SMILES string of the molecule is CCCCCCCCCCCCCCCCCCCC(=O)O[C@H](COC(=O)CCCCCCCCCCCC(C)C)COP(=O)(O)OC[C@@H](O)COP(=O)(O)OC[C@@H](COC(=O)CCCCCCCCCC(C)C)OC(=O)CCCCCCCCCCCCC. The Morgan fingerprint density at radius 2 is 0.511 bits per heavy atom. The first-order valence-corrected chi connectivity index (χ1v) is 40.0. The van der Waals surface area contributed by atoms with Crippen LogP contribution in [0.15, 0.2) is 0 Å². The van der Waals surface area contributed by atoms with Crippen molar-refractivity contribution in [3.8, 4) is 0 Å². The highest BCUT2D eigenvalue weighted by atomic mass is 31.2. The number of phosphoric ester groups is 2. The minimum atomic E-state index is -4.95. The fraction of sp³-hybridized carbons (Fsp3) is 0.944. The van der Waals surface area contributed by atoms with Crippen LogP contribution >= 0.6 is 15.6 Å². The molecular weight excluding hydrogens is 1190 g/mol. The molecule has 0 bridgehead atoms. The second-order valence-electron chi connectivity index (χ2n) is 26.6. The van der Waals surface area contributed by atoms with E-state index in [0.29, 0.717) is 31.6 Å². The van der Waals surface area contributed by atoms with Crippen LogP contribution in [0.1, 0.15) is 363 Å². The van der Waals surface area contributed by atoms with Crippen molar-refractivity contribution in [1.29, 1.82) is 0 Å². The molecule has 5 atom stereocenters. The summed E-state index contributed by atoms with van der Waals surface area (Å²) in [5.74, 6) is -0.674. The van der Waals surface area contributed by atoms with Gasteiger partial charge in [-0.25, -0.2) is 9.13 Å². The molecule has 0 radical (unpaired) electrons. The lowest BCUT2D eigenvalue weighted by atomic mass is 10.0. The van der Waals surface area contributed by atoms with Gasteiger partial charge in [-0.2, -0.15) is 0 Å². The first-order valence-electron chi connectivity index (χ1n) is 37.0. The topological polar surface area (TPSA) is 237 Å². The van der Waals surface area contributed by atoms with Gasteiger partial charge in [0.05, 0.1) is 26.4 Å². The van der Waals surface area contributed by atoms with Crippen LogP contribution in [-0.2, 0) is 65.4 Å². The number of phosphoric acid groups is 2. The lowest BCUT2D eigenvalue weighted by Gasteiger charge is -2.21. The molecule has 0 saturated heterocycles. The number of carbonyl (C=O) groups excluding carboxylic acids is 4. The first-order chi connectivity index (χ1) is 43.4. The van der Waals surface area contributed by atoms with E-state index in [1.165, 1.54) is 173 Å². The molecule has 0 aromatic heterocycles. The fourth-order valence-electron chi connectivity index (χ4n) is 10.8. The maximum absolute atomic E-state index is 13.0. The maximum atomic E-state index is 13.0. The minimum absolute atomic E-state index is 0.106. The van der Waals surface area contributed by atoms with Gasteiger partial charge in [-0.1, -0.05) is 311 Å². The van der Waals surface area contributed by atoms with Crippen molar-refractivity contribution in [3.63, 3.8) is 0 Å². The van der Waals surface area contributed by atoms with Gasteiger partial charge in [0, 0.05) is 25.7 Å². The Morgan fingerprint density at radius 3 is 0.756 bits per heavy atom. The Balaban J connectivity index is 5.23. The van der Waals surface area contributed by atoms with E-state index in [1.807, 2.05) is 0 Å². The summed E-state index contributed by atoms with van der Waals surface area (Å²) >= 11 is 0. The number of unbranched alkanes of at least 4 members (excludes halogenated alkanes) is 40. The van der Waals surface area contributed by atoms with Crippen molar-refractivity contribution < 1.29 is 80.2 Å². The van der Waals surface area contributed by atoms with Crippen LogP contribution in [0.25, 0.3) is 0 Å². The number of carbonyl (C=O) groups is 4. The summed E-state index contributed by atoms with van der Waals surface area (Å²) in [5, 5.41) is 10.6. The van der Waals surface area contributed by atoms with Crippen molar-refractivity contribution in [2.45, 2.75) is 381 Å². The molecule has 19 heteroatoms. The normalized spacial score (nSPS) is 14.1. The second kappa shape index (κ2) is 63.1. The van der Waals surface area contributed by atoms with E-state index in [2.05, 4.69) is 41.5 Å². The van der Waals surface area contributed by atoms with Crippen LogP contribution in [0.5, 0.6) is 0 Å². The summed E-state index contributed by atoms with van der Waals surface area (Å²) in [6, 6.07) is 0. The summed E-state index contributed by atoms with van der Waals surface area (Å²) in [7, 11) is -9.90. The molecule has 90 heavy (non-hydrogen) atoms. The van der Waals surface area contributed by atoms with Crippen molar-refractivity contribution in [1.82, 2.24) is 0 Å². The van der Waals surface area contributed by atoms with E-state index < -0.39 is 97.5 Å². The lowest BCUT2D eigenvalue weighted by molar-refractivity contribution is -0.161. The number of esters is 4. The molecule has 0 fully saturated rings. The van der Waals surface area contributed by atoms with Gasteiger partial charge < -0.3 is 33.8 Å². The zero-order chi connectivity index (χ0) is 66.5. The molecule has 0 aliphatic rings. The Morgan fingerprint density at radius 1 is 0.300 bits per heavy atom. The van der Waals surface area contributed by atoms with E-state index in [-0.39, 0.29) is 25.7 Å². The lowest BCUT2D eigenvalue weighted by Crippen LogP contribution is -2.30. The molecule has 0 amide bonds. The Hall–Kier alpha value is -1.94. The molecule has 0 heterocycles. The van der Waals surface area contributed by atoms with Gasteiger partial charge in [0.15, 0.2) is 12.2 Å². The highest BCUT2D eigenvalue weighted by Gasteiger charge is 2.30. The van der Waals surface area contributed by atoms with Gasteiger partial charge in [0.1, 0.15) is 19.3 Å². The third-order valence-electron chi connectivity index (χ3n) is 16.5. The summed E-state index contributed by atoms with van der Waals surface area (Å²) in [6.45, 7) is 9.48. The summed E-state index contributed by atoms with van der Waals surface area (Å²) in [4.78, 5) is 72.5. The number of hydrogen-bond acceptors (Lipinski definition) is 15. The molecule has 0 aliphatic carbocycles. The highest BCUT2D eigenvalue weighted by Crippen LogP contribution is 2.45. The second-order valence-corrected chi connectivity index (χ2v) is 29.5. The van der Waals surface area contributed by atoms with E-state index in [1.54, 1.807) is 0 Å². The molecule has 0 aromatic rings. The fourth-order valence-corrected chi connectivity index (χ4v) is 12.3. The number of ether oxygens (including phenoxy) is 4. The molecule has 3 N–H and O–H groups in total. The molecule has 0 saturated carbocycles. The molecule has 0 rings (SSSR count). The van der Waals surface area contributed by atoms with Crippen LogP contribution < -0.4 is 0 Å². The smallest absolute Gasteiger partial charge is 0.462 e. The van der Waals surface area contributed by atoms with Crippen molar-refractivity contribution in [2.75, 3.05) is 39.6 Å². The van der Waals surface area contributed by atoms with Crippen LogP contribution in [0.3, 0.4) is 0 Å². The number of hydrogen-bond donors (Lipinski definition) is 3. The number of rotatable bonds is 70. The highest BCUT2D eigenvalue weighted by molar-refractivity contribution is 7.47. The quantitative estimate of drug-likeness (QED) is 0.0222. The van der Waals surface area contributed by atoms with E-state index in [9.17, 15) is 43.2 Å². The average molecular weight is 1330 g/mol. The molecule has 0 aliphatic heterocycles. The largest absolute Gasteiger partial charge is 0.472 e. The maximum Gasteiger partial charge on any atom is 0.472 e. The van der Waals surface area contributed by atoms with Crippen molar-refractivity contribution in [3.05, 3.63) is 0 Å². The van der Waals surface area contributed by atoms with Gasteiger partial charge >= 0.3 is 39.5 Å². The molecular formula is C71H138O17P2. The molecule has 534 valence electrons. The summed E-state index contributed by atoms with van der Waals surface area (Å²) < 4.78 is 68.3. The van der Waals surface area contributed by atoms with Crippen molar-refractivity contribution >= 4 is 39.5 Å². The van der Waals surface area contributed by atoms with Crippen LogP contribution in [-0.4, -0.2) is 96.7 Å². The third kappa shape index (κ3) is 64.8. The van der Waals surface area contributed by atoms with E-state index in [4.69, 9.17) is 37.0 Å².